The largest absolute Gasteiger partial charge is 2.00 e. The van der Waals surface area contributed by atoms with Crippen LogP contribution in [0, 0.1) is 5.92 Å². The van der Waals surface area contributed by atoms with Gasteiger partial charge in [-0.15, -0.1) is 19.6 Å². The second-order valence-electron chi connectivity index (χ2n) is 4.07. The summed E-state index contributed by atoms with van der Waals surface area (Å²) in [5.74, 6) is -0.816. The first-order chi connectivity index (χ1) is 8.61. The Balaban J connectivity index is -0.0000000405. The molecule has 4 radical (unpaired) electrons. The summed E-state index contributed by atoms with van der Waals surface area (Å²) in [6.07, 6.45) is 5.09. The van der Waals surface area contributed by atoms with Crippen molar-refractivity contribution in [3.8, 4) is 0 Å². The minimum absolute atomic E-state index is 0. The van der Waals surface area contributed by atoms with E-state index in [9.17, 15) is 4.79 Å². The van der Waals surface area contributed by atoms with E-state index in [0.29, 0.717) is 12.1 Å². The Bertz CT molecular complexity index is 341. The molecule has 0 aromatic carbocycles. The minimum atomic E-state index is -1.12. The van der Waals surface area contributed by atoms with E-state index in [1.165, 1.54) is 12.3 Å². The Kier molecular flexibility index (Phi) is 48.0. The van der Waals surface area contributed by atoms with Gasteiger partial charge >= 0.3 is 23.0 Å². The molecule has 13 heteroatoms. The zero-order valence-electron chi connectivity index (χ0n) is 12.8. The molecule has 168 valence electrons. The molecule has 0 saturated carbocycles. The molecule has 25 heavy (non-hydrogen) atoms. The monoisotopic (exact) mass is 560 g/mol. The van der Waals surface area contributed by atoms with Crippen molar-refractivity contribution in [2.24, 2.45) is 5.92 Å². The van der Waals surface area contributed by atoms with Crippen molar-refractivity contribution >= 4 is 5.97 Å². The average Bonchev–Trinajstić information content (AvgIpc) is 2.41. The average molecular weight is 563 g/mol. The van der Waals surface area contributed by atoms with Gasteiger partial charge in [0.1, 0.15) is 0 Å². The standard InChI is InChI=1S/C6H12NO2.C6H6NO2.4Cu.3H2O/c2*8-6(9)5-1-3-7-4-2-5;;;;;;;/h5-6,8-9H,1-4H2;1-3H,4H2,(H,8,9);;;;;3*1H2/q2*-1;;;;+2;;;. The summed E-state index contributed by atoms with van der Waals surface area (Å²) >= 11 is 0. The third-order valence-corrected chi connectivity index (χ3v) is 2.76. The van der Waals surface area contributed by atoms with Crippen molar-refractivity contribution in [2.75, 3.05) is 19.6 Å². The SMILES string of the molecule is O.O.O.O=C(O)C1=CC[N-]C=C1.OC(O)C1CC[N-]CC1.[Cu+2].[Cu].[Cu].[Cu]. The predicted octanol–water partition coefficient (Wildman–Crippen LogP) is -1.50. The van der Waals surface area contributed by atoms with Gasteiger partial charge in [-0.3, -0.25) is 0 Å². The number of rotatable bonds is 2. The first kappa shape index (κ1) is 44.8. The number of carbonyl (C=O) groups is 1. The fourth-order valence-electron chi connectivity index (χ4n) is 1.64. The Morgan fingerprint density at radius 2 is 1.56 bits per heavy atom. The predicted molar refractivity (Wildman–Crippen MR) is 78.0 cm³/mol. The number of piperidine rings is 1. The van der Waals surface area contributed by atoms with Crippen LogP contribution in [0.4, 0.5) is 0 Å². The molecule has 2 heterocycles. The van der Waals surface area contributed by atoms with Crippen molar-refractivity contribution in [1.82, 2.24) is 0 Å². The molecule has 0 bridgehead atoms. The molecule has 0 spiro atoms. The summed E-state index contributed by atoms with van der Waals surface area (Å²) in [4.78, 5) is 10.2. The van der Waals surface area contributed by atoms with Gasteiger partial charge in [-0.2, -0.15) is 6.20 Å². The normalized spacial score (nSPS) is 14.1. The van der Waals surface area contributed by atoms with Gasteiger partial charge in [0.2, 0.25) is 0 Å². The van der Waals surface area contributed by atoms with Crippen LogP contribution in [0.15, 0.2) is 23.9 Å². The topological polar surface area (TPSA) is 200 Å². The summed E-state index contributed by atoms with van der Waals surface area (Å²) in [6, 6.07) is 0. The summed E-state index contributed by atoms with van der Waals surface area (Å²) < 4.78 is 0. The van der Waals surface area contributed by atoms with E-state index in [4.69, 9.17) is 15.3 Å². The van der Waals surface area contributed by atoms with Crippen molar-refractivity contribution in [1.29, 1.82) is 0 Å². The summed E-state index contributed by atoms with van der Waals surface area (Å²) in [6.45, 7) is 2.07. The number of aliphatic hydroxyl groups is 2. The molecule has 0 aromatic heterocycles. The van der Waals surface area contributed by atoms with Gasteiger partial charge in [0.25, 0.3) is 0 Å². The van der Waals surface area contributed by atoms with Crippen LogP contribution in [0.1, 0.15) is 12.8 Å². The molecule has 9 nitrogen and oxygen atoms in total. The van der Waals surface area contributed by atoms with Crippen LogP contribution < -0.4 is 0 Å². The zero-order valence-corrected chi connectivity index (χ0v) is 16.5. The quantitative estimate of drug-likeness (QED) is 0.272. The zero-order chi connectivity index (χ0) is 13.4. The van der Waals surface area contributed by atoms with E-state index in [2.05, 4.69) is 10.6 Å². The first-order valence-corrected chi connectivity index (χ1v) is 5.87. The van der Waals surface area contributed by atoms with Crippen LogP contribution in [0.25, 0.3) is 10.6 Å². The van der Waals surface area contributed by atoms with Gasteiger partial charge in [-0.1, -0.05) is 25.0 Å². The molecule has 1 fully saturated rings. The maximum absolute atomic E-state index is 10.2. The van der Waals surface area contributed by atoms with Crippen LogP contribution >= 0.6 is 0 Å². The Morgan fingerprint density at radius 3 is 1.80 bits per heavy atom. The van der Waals surface area contributed by atoms with Gasteiger partial charge < -0.3 is 42.4 Å². The van der Waals surface area contributed by atoms with E-state index >= 15 is 0 Å². The molecule has 2 aliphatic heterocycles. The van der Waals surface area contributed by atoms with Crippen LogP contribution in [-0.4, -0.2) is 63.6 Å². The second kappa shape index (κ2) is 26.8. The third-order valence-electron chi connectivity index (χ3n) is 2.76. The number of carboxylic acids is 1. The van der Waals surface area contributed by atoms with Crippen LogP contribution in [0.2, 0.25) is 0 Å². The smallest absolute Gasteiger partial charge is 0.687 e. The number of aliphatic carboxylic acids is 1. The van der Waals surface area contributed by atoms with E-state index in [0.717, 1.165) is 25.9 Å². The number of carboxylic acid groups (broad SMARTS) is 1. The number of aliphatic hydroxyl groups excluding tert-OH is 1. The van der Waals surface area contributed by atoms with Crippen molar-refractivity contribution < 1.29 is 105 Å². The molecule has 1 saturated heterocycles. The number of nitrogens with zero attached hydrogens (tertiary/aromatic N) is 2. The van der Waals surface area contributed by atoms with Crippen molar-refractivity contribution in [2.45, 2.75) is 19.1 Å². The Hall–Kier alpha value is 0.588. The maximum Gasteiger partial charge on any atom is 2.00 e. The van der Waals surface area contributed by atoms with E-state index in [1.54, 1.807) is 6.08 Å². The van der Waals surface area contributed by atoms with Gasteiger partial charge in [0.05, 0.1) is 5.57 Å². The molecular formula is C12H24Cu4N2O7. The van der Waals surface area contributed by atoms with Gasteiger partial charge in [-0.05, 0) is 0 Å². The van der Waals surface area contributed by atoms with E-state index in [1.807, 2.05) is 0 Å². The molecule has 0 aliphatic carbocycles. The Labute approximate surface area is 189 Å². The fraction of sp³-hybridized carbons (Fsp3) is 0.583. The molecule has 2 rings (SSSR count). The van der Waals surface area contributed by atoms with Gasteiger partial charge in [0.15, 0.2) is 6.29 Å². The second-order valence-corrected chi connectivity index (χ2v) is 4.07. The third kappa shape index (κ3) is 20.8. The summed E-state index contributed by atoms with van der Waals surface area (Å²) in [5, 5.41) is 33.6. The van der Waals surface area contributed by atoms with Crippen molar-refractivity contribution in [3.05, 3.63) is 34.6 Å². The molecule has 0 unspecified atom stereocenters. The fourth-order valence-corrected chi connectivity index (χ4v) is 1.64. The maximum atomic E-state index is 10.2. The number of hydrogen-bond donors (Lipinski definition) is 3. The molecule has 0 amide bonds. The molecular weight excluding hydrogens is 538 g/mol. The number of hydrogen-bond acceptors (Lipinski definition) is 3. The van der Waals surface area contributed by atoms with E-state index < -0.39 is 12.3 Å². The summed E-state index contributed by atoms with van der Waals surface area (Å²) in [5.41, 5.74) is 0.324. The minimum Gasteiger partial charge on any atom is -0.687 e. The van der Waals surface area contributed by atoms with Crippen LogP contribution in [0.5, 0.6) is 0 Å². The summed E-state index contributed by atoms with van der Waals surface area (Å²) in [7, 11) is 0. The van der Waals surface area contributed by atoms with Crippen LogP contribution in [0.3, 0.4) is 0 Å². The van der Waals surface area contributed by atoms with E-state index in [-0.39, 0.29) is 90.6 Å². The molecule has 0 atom stereocenters. The molecule has 9 N–H and O–H groups in total. The van der Waals surface area contributed by atoms with Gasteiger partial charge in [-0.25, -0.2) is 4.79 Å². The molecule has 0 aromatic rings. The van der Waals surface area contributed by atoms with Crippen LogP contribution in [-0.2, 0) is 73.1 Å². The molecule has 2 aliphatic rings. The van der Waals surface area contributed by atoms with Gasteiger partial charge in [0, 0.05) is 57.1 Å². The Morgan fingerprint density at radius 1 is 1.08 bits per heavy atom. The van der Waals surface area contributed by atoms with Crippen molar-refractivity contribution in [3.63, 3.8) is 0 Å². The first-order valence-electron chi connectivity index (χ1n) is 5.87.